The maximum atomic E-state index is 12.6. The minimum Gasteiger partial charge on any atom is -0.349 e. The molecule has 0 saturated heterocycles. The van der Waals surface area contributed by atoms with Crippen molar-refractivity contribution < 1.29 is 13.2 Å². The Morgan fingerprint density at radius 1 is 1.19 bits per heavy atom. The van der Waals surface area contributed by atoms with E-state index >= 15 is 0 Å². The van der Waals surface area contributed by atoms with Gasteiger partial charge in [-0.05, 0) is 23.6 Å². The van der Waals surface area contributed by atoms with Gasteiger partial charge in [-0.15, -0.1) is 0 Å². The Morgan fingerprint density at radius 3 is 2.67 bits per heavy atom. The molecular weight excluding hydrogens is 281 g/mol. The van der Waals surface area contributed by atoms with Crippen molar-refractivity contribution >= 4 is 5.95 Å². The van der Waals surface area contributed by atoms with E-state index in [2.05, 4.69) is 15.3 Å². The molecule has 0 radical (unpaired) electrons. The SMILES string of the molecule is N[C@@H]1c2ccccc2C[C@H]1Nc1nccc(C(F)(F)F)n1. The van der Waals surface area contributed by atoms with E-state index in [-0.39, 0.29) is 18.0 Å². The standard InChI is InChI=1S/C14H13F3N4/c15-14(16,17)11-5-6-19-13(21-11)20-10-7-8-3-1-2-4-9(8)12(10)18/h1-6,10,12H,7,18H2,(H,19,20,21)/t10-,12-/m1/s1. The van der Waals surface area contributed by atoms with Crippen LogP contribution in [0.4, 0.5) is 19.1 Å². The first-order valence-electron chi connectivity index (χ1n) is 6.45. The molecule has 2 aromatic rings. The predicted octanol–water partition coefficient (Wildman–Crippen LogP) is 2.53. The van der Waals surface area contributed by atoms with Crippen molar-refractivity contribution in [1.29, 1.82) is 0 Å². The van der Waals surface area contributed by atoms with E-state index in [0.717, 1.165) is 23.4 Å². The molecule has 1 aliphatic carbocycles. The molecule has 1 aliphatic rings. The van der Waals surface area contributed by atoms with Crippen molar-refractivity contribution in [2.45, 2.75) is 24.7 Å². The Morgan fingerprint density at radius 2 is 1.95 bits per heavy atom. The van der Waals surface area contributed by atoms with Crippen LogP contribution < -0.4 is 11.1 Å². The lowest BCUT2D eigenvalue weighted by molar-refractivity contribution is -0.141. The number of nitrogens with one attached hydrogen (secondary N) is 1. The Bertz CT molecular complexity index is 657. The zero-order chi connectivity index (χ0) is 15.0. The fourth-order valence-corrected chi connectivity index (χ4v) is 2.52. The third-order valence-electron chi connectivity index (χ3n) is 3.55. The first-order valence-corrected chi connectivity index (χ1v) is 6.45. The maximum absolute atomic E-state index is 12.6. The number of fused-ring (bicyclic) bond motifs is 1. The zero-order valence-electron chi connectivity index (χ0n) is 10.9. The molecule has 3 N–H and O–H groups in total. The molecule has 1 heterocycles. The van der Waals surface area contributed by atoms with Crippen LogP contribution in [0.1, 0.15) is 22.9 Å². The molecule has 110 valence electrons. The van der Waals surface area contributed by atoms with Gasteiger partial charge in [0, 0.05) is 6.20 Å². The normalized spacial score (nSPS) is 21.1. The summed E-state index contributed by atoms with van der Waals surface area (Å²) in [6.07, 6.45) is -2.76. The van der Waals surface area contributed by atoms with Gasteiger partial charge in [0.1, 0.15) is 5.69 Å². The summed E-state index contributed by atoms with van der Waals surface area (Å²) in [5.74, 6) is -0.0573. The number of rotatable bonds is 2. The lowest BCUT2D eigenvalue weighted by Crippen LogP contribution is -2.30. The molecule has 0 unspecified atom stereocenters. The largest absolute Gasteiger partial charge is 0.433 e. The summed E-state index contributed by atoms with van der Waals surface area (Å²) < 4.78 is 37.9. The molecule has 0 bridgehead atoms. The smallest absolute Gasteiger partial charge is 0.349 e. The van der Waals surface area contributed by atoms with Gasteiger partial charge in [-0.1, -0.05) is 24.3 Å². The molecule has 4 nitrogen and oxygen atoms in total. The van der Waals surface area contributed by atoms with Gasteiger partial charge in [-0.3, -0.25) is 0 Å². The first-order chi connectivity index (χ1) is 9.95. The van der Waals surface area contributed by atoms with Crippen molar-refractivity contribution in [3.05, 3.63) is 53.3 Å². The number of anilines is 1. The van der Waals surface area contributed by atoms with Gasteiger partial charge in [0.05, 0.1) is 12.1 Å². The van der Waals surface area contributed by atoms with Crippen molar-refractivity contribution in [3.63, 3.8) is 0 Å². The highest BCUT2D eigenvalue weighted by Gasteiger charge is 2.34. The molecule has 3 rings (SSSR count). The van der Waals surface area contributed by atoms with E-state index in [1.807, 2.05) is 24.3 Å². The van der Waals surface area contributed by atoms with Gasteiger partial charge in [0.25, 0.3) is 0 Å². The first kappa shape index (κ1) is 13.8. The predicted molar refractivity (Wildman–Crippen MR) is 71.5 cm³/mol. The third kappa shape index (κ3) is 2.69. The number of halogens is 3. The third-order valence-corrected chi connectivity index (χ3v) is 3.55. The van der Waals surface area contributed by atoms with Crippen LogP contribution in [0.2, 0.25) is 0 Å². The van der Waals surface area contributed by atoms with Gasteiger partial charge < -0.3 is 11.1 Å². The second-order valence-electron chi connectivity index (χ2n) is 4.94. The van der Waals surface area contributed by atoms with E-state index in [0.29, 0.717) is 6.42 Å². The van der Waals surface area contributed by atoms with Crippen LogP contribution in [0.3, 0.4) is 0 Å². The second-order valence-corrected chi connectivity index (χ2v) is 4.94. The van der Waals surface area contributed by atoms with Gasteiger partial charge >= 0.3 is 6.18 Å². The van der Waals surface area contributed by atoms with E-state index in [1.54, 1.807) is 0 Å². The van der Waals surface area contributed by atoms with E-state index < -0.39 is 11.9 Å². The molecule has 21 heavy (non-hydrogen) atoms. The number of aromatic nitrogens is 2. The van der Waals surface area contributed by atoms with Crippen LogP contribution in [0.15, 0.2) is 36.5 Å². The fraction of sp³-hybridized carbons (Fsp3) is 0.286. The molecular formula is C14H13F3N4. The minimum atomic E-state index is -4.49. The highest BCUT2D eigenvalue weighted by Crippen LogP contribution is 2.32. The number of hydrogen-bond donors (Lipinski definition) is 2. The monoisotopic (exact) mass is 294 g/mol. The second kappa shape index (κ2) is 5.00. The number of hydrogen-bond acceptors (Lipinski definition) is 4. The van der Waals surface area contributed by atoms with Crippen LogP contribution in [0.25, 0.3) is 0 Å². The van der Waals surface area contributed by atoms with Crippen molar-refractivity contribution in [2.24, 2.45) is 5.73 Å². The highest BCUT2D eigenvalue weighted by atomic mass is 19.4. The number of benzene rings is 1. The summed E-state index contributed by atoms with van der Waals surface area (Å²) in [5, 5.41) is 2.90. The molecule has 1 aromatic carbocycles. The molecule has 7 heteroatoms. The lowest BCUT2D eigenvalue weighted by Gasteiger charge is -2.18. The quantitative estimate of drug-likeness (QED) is 0.893. The van der Waals surface area contributed by atoms with Gasteiger partial charge in [0.15, 0.2) is 0 Å². The van der Waals surface area contributed by atoms with Crippen molar-refractivity contribution in [2.75, 3.05) is 5.32 Å². The molecule has 2 atom stereocenters. The van der Waals surface area contributed by atoms with E-state index in [4.69, 9.17) is 5.73 Å². The zero-order valence-corrected chi connectivity index (χ0v) is 10.9. The summed E-state index contributed by atoms with van der Waals surface area (Å²) in [5.41, 5.74) is 7.25. The topological polar surface area (TPSA) is 63.8 Å². The van der Waals surface area contributed by atoms with Crippen LogP contribution in [0, 0.1) is 0 Å². The average molecular weight is 294 g/mol. The Labute approximate surface area is 119 Å². The molecule has 1 aromatic heterocycles. The van der Waals surface area contributed by atoms with E-state index in [1.165, 1.54) is 0 Å². The number of alkyl halides is 3. The molecule has 0 saturated carbocycles. The van der Waals surface area contributed by atoms with Crippen LogP contribution in [-0.2, 0) is 12.6 Å². The lowest BCUT2D eigenvalue weighted by atomic mass is 10.1. The average Bonchev–Trinajstić information content (AvgIpc) is 2.75. The summed E-state index contributed by atoms with van der Waals surface area (Å²) in [4.78, 5) is 7.34. The summed E-state index contributed by atoms with van der Waals surface area (Å²) in [6, 6.07) is 8.02. The van der Waals surface area contributed by atoms with E-state index in [9.17, 15) is 13.2 Å². The Balaban J connectivity index is 1.80. The van der Waals surface area contributed by atoms with Crippen molar-refractivity contribution in [3.8, 4) is 0 Å². The number of nitrogens with zero attached hydrogens (tertiary/aromatic N) is 2. The summed E-state index contributed by atoms with van der Waals surface area (Å²) in [7, 11) is 0. The van der Waals surface area contributed by atoms with Crippen molar-refractivity contribution in [1.82, 2.24) is 9.97 Å². The van der Waals surface area contributed by atoms with Crippen LogP contribution in [0.5, 0.6) is 0 Å². The number of nitrogens with two attached hydrogens (primary N) is 1. The van der Waals surface area contributed by atoms with Crippen LogP contribution in [-0.4, -0.2) is 16.0 Å². The summed E-state index contributed by atoms with van der Waals surface area (Å²) >= 11 is 0. The summed E-state index contributed by atoms with van der Waals surface area (Å²) in [6.45, 7) is 0. The maximum Gasteiger partial charge on any atom is 0.433 e. The minimum absolute atomic E-state index is 0.0573. The molecule has 0 spiro atoms. The highest BCUT2D eigenvalue weighted by molar-refractivity contribution is 5.41. The fourth-order valence-electron chi connectivity index (χ4n) is 2.52. The van der Waals surface area contributed by atoms with Gasteiger partial charge in [-0.2, -0.15) is 13.2 Å². The Hall–Kier alpha value is -2.15. The molecule has 0 fully saturated rings. The van der Waals surface area contributed by atoms with Crippen LogP contribution >= 0.6 is 0 Å². The van der Waals surface area contributed by atoms with Gasteiger partial charge in [0.2, 0.25) is 5.95 Å². The molecule has 0 amide bonds. The van der Waals surface area contributed by atoms with Gasteiger partial charge in [-0.25, -0.2) is 9.97 Å². The Kier molecular flexibility index (Phi) is 3.29. The molecule has 0 aliphatic heterocycles.